The van der Waals surface area contributed by atoms with Gasteiger partial charge in [-0.15, -0.1) is 10.2 Å². The van der Waals surface area contributed by atoms with Crippen LogP contribution in [0.25, 0.3) is 0 Å². The topological polar surface area (TPSA) is 95.1 Å². The molecule has 25 heavy (non-hydrogen) atoms. The molecule has 1 unspecified atom stereocenters. The predicted octanol–water partition coefficient (Wildman–Crippen LogP) is 0.954. The third-order valence-electron chi connectivity index (χ3n) is 4.32. The molecule has 8 heteroatoms. The molecular weight excluding hydrogens is 320 g/mol. The molecule has 3 rings (SSSR count). The number of piperidine rings is 1. The van der Waals surface area contributed by atoms with Crippen molar-refractivity contribution in [3.63, 3.8) is 0 Å². The van der Waals surface area contributed by atoms with Crippen molar-refractivity contribution in [1.29, 1.82) is 0 Å². The van der Waals surface area contributed by atoms with Gasteiger partial charge in [-0.25, -0.2) is 4.98 Å². The van der Waals surface area contributed by atoms with E-state index in [1.165, 1.54) is 4.90 Å². The lowest BCUT2D eigenvalue weighted by Crippen LogP contribution is -2.36. The van der Waals surface area contributed by atoms with E-state index in [0.29, 0.717) is 11.5 Å². The summed E-state index contributed by atoms with van der Waals surface area (Å²) >= 11 is 0. The number of rotatable bonds is 3. The fourth-order valence-corrected chi connectivity index (χ4v) is 3.08. The largest absolute Gasteiger partial charge is 0.354 e. The first-order valence-electron chi connectivity index (χ1n) is 8.32. The Morgan fingerprint density at radius 2 is 2.12 bits per heavy atom. The van der Waals surface area contributed by atoms with Crippen LogP contribution < -0.4 is 10.5 Å². The summed E-state index contributed by atoms with van der Waals surface area (Å²) in [5, 5.41) is 8.26. The molecule has 0 saturated carbocycles. The number of nitrogens with one attached hydrogen (secondary N) is 1. The van der Waals surface area contributed by atoms with Gasteiger partial charge in [0, 0.05) is 39.2 Å². The van der Waals surface area contributed by atoms with Crippen LogP contribution in [0.5, 0.6) is 0 Å². The van der Waals surface area contributed by atoms with Gasteiger partial charge in [-0.2, -0.15) is 0 Å². The van der Waals surface area contributed by atoms with Crippen molar-refractivity contribution in [2.75, 3.05) is 32.1 Å². The monoisotopic (exact) mass is 342 g/mol. The molecule has 8 nitrogen and oxygen atoms in total. The quantitative estimate of drug-likeness (QED) is 0.892. The van der Waals surface area contributed by atoms with E-state index in [9.17, 15) is 9.59 Å². The summed E-state index contributed by atoms with van der Waals surface area (Å²) in [6.45, 7) is 3.39. The van der Waals surface area contributed by atoms with Crippen molar-refractivity contribution in [3.8, 4) is 0 Å². The van der Waals surface area contributed by atoms with Gasteiger partial charge in [0.15, 0.2) is 11.5 Å². The smallest absolute Gasteiger partial charge is 0.273 e. The van der Waals surface area contributed by atoms with Crippen molar-refractivity contribution >= 4 is 11.7 Å². The molecular formula is C17H22N6O2. The molecule has 1 N–H and O–H groups in total. The number of aromatic amines is 1. The van der Waals surface area contributed by atoms with E-state index in [4.69, 9.17) is 0 Å². The maximum Gasteiger partial charge on any atom is 0.273 e. The highest BCUT2D eigenvalue weighted by molar-refractivity contribution is 5.91. The van der Waals surface area contributed by atoms with Gasteiger partial charge in [-0.3, -0.25) is 9.59 Å². The predicted molar refractivity (Wildman–Crippen MR) is 93.8 cm³/mol. The van der Waals surface area contributed by atoms with Crippen LogP contribution in [0.2, 0.25) is 0 Å². The molecule has 1 fully saturated rings. The zero-order valence-electron chi connectivity index (χ0n) is 14.7. The molecule has 2 aromatic heterocycles. The second kappa shape index (κ2) is 7.00. The first-order chi connectivity index (χ1) is 11.9. The Labute approximate surface area is 145 Å². The second-order valence-corrected chi connectivity index (χ2v) is 6.52. The van der Waals surface area contributed by atoms with E-state index in [1.807, 2.05) is 6.07 Å². The number of carbonyl (C=O) groups is 1. The molecule has 132 valence electrons. The van der Waals surface area contributed by atoms with E-state index in [0.717, 1.165) is 37.4 Å². The summed E-state index contributed by atoms with van der Waals surface area (Å²) in [5.74, 6) is 1.38. The third-order valence-corrected chi connectivity index (χ3v) is 4.32. The molecule has 0 aromatic carbocycles. The minimum absolute atomic E-state index is 0.119. The summed E-state index contributed by atoms with van der Waals surface area (Å²) < 4.78 is 0. The minimum atomic E-state index is -0.168. The molecule has 0 bridgehead atoms. The van der Waals surface area contributed by atoms with Crippen molar-refractivity contribution in [2.45, 2.75) is 25.7 Å². The highest BCUT2D eigenvalue weighted by Crippen LogP contribution is 2.27. The summed E-state index contributed by atoms with van der Waals surface area (Å²) in [4.78, 5) is 34.4. The molecule has 1 aliphatic rings. The van der Waals surface area contributed by atoms with Crippen LogP contribution in [0, 0.1) is 6.92 Å². The number of aryl methyl sites for hydroxylation is 1. The van der Waals surface area contributed by atoms with Crippen LogP contribution in [-0.2, 0) is 0 Å². The van der Waals surface area contributed by atoms with Gasteiger partial charge in [0.05, 0.1) is 5.69 Å². The fraction of sp³-hybridized carbons (Fsp3) is 0.471. The molecule has 1 amide bonds. The molecule has 1 atom stereocenters. The van der Waals surface area contributed by atoms with E-state index in [-0.39, 0.29) is 17.4 Å². The maximum absolute atomic E-state index is 11.9. The Morgan fingerprint density at radius 1 is 1.32 bits per heavy atom. The summed E-state index contributed by atoms with van der Waals surface area (Å²) in [6, 6.07) is 5.10. The normalized spacial score (nSPS) is 17.4. The second-order valence-electron chi connectivity index (χ2n) is 6.52. The number of hydrogen-bond donors (Lipinski definition) is 1. The van der Waals surface area contributed by atoms with Gasteiger partial charge in [0.1, 0.15) is 5.82 Å². The Balaban J connectivity index is 1.77. The number of hydrogen-bond acceptors (Lipinski definition) is 6. The van der Waals surface area contributed by atoms with E-state index < -0.39 is 0 Å². The van der Waals surface area contributed by atoms with Gasteiger partial charge in [0.2, 0.25) is 0 Å². The number of aromatic nitrogens is 4. The first-order valence-corrected chi connectivity index (χ1v) is 8.32. The van der Waals surface area contributed by atoms with E-state index >= 15 is 0 Å². The average Bonchev–Trinajstić information content (AvgIpc) is 2.60. The van der Waals surface area contributed by atoms with Gasteiger partial charge in [-0.05, 0) is 31.9 Å². The molecule has 1 saturated heterocycles. The molecule has 0 spiro atoms. The molecule has 3 heterocycles. The van der Waals surface area contributed by atoms with Crippen LogP contribution in [0.4, 0.5) is 5.82 Å². The fourth-order valence-electron chi connectivity index (χ4n) is 3.08. The minimum Gasteiger partial charge on any atom is -0.354 e. The third kappa shape index (κ3) is 3.84. The Bertz CT molecular complexity index is 815. The number of anilines is 1. The Hall–Kier alpha value is -2.77. The number of amides is 1. The SMILES string of the molecule is Cc1nc(C2CCCN(c3ccc(C(=O)N(C)C)nn3)C2)cc(=O)[nH]1. The van der Waals surface area contributed by atoms with Crippen LogP contribution in [-0.4, -0.2) is 58.2 Å². The van der Waals surface area contributed by atoms with Crippen molar-refractivity contribution in [1.82, 2.24) is 25.1 Å². The lowest BCUT2D eigenvalue weighted by molar-refractivity contribution is 0.0821. The van der Waals surface area contributed by atoms with Crippen LogP contribution in [0.15, 0.2) is 23.0 Å². The van der Waals surface area contributed by atoms with E-state index in [1.54, 1.807) is 33.2 Å². The number of nitrogens with zero attached hydrogens (tertiary/aromatic N) is 5. The number of carbonyl (C=O) groups excluding carboxylic acids is 1. The summed E-state index contributed by atoms with van der Waals surface area (Å²) in [6.07, 6.45) is 1.97. The first kappa shape index (κ1) is 17.1. The summed E-state index contributed by atoms with van der Waals surface area (Å²) in [7, 11) is 3.37. The van der Waals surface area contributed by atoms with Crippen molar-refractivity contribution in [3.05, 3.63) is 45.8 Å². The van der Waals surface area contributed by atoms with Gasteiger partial charge >= 0.3 is 0 Å². The number of H-pyrrole nitrogens is 1. The Morgan fingerprint density at radius 3 is 2.76 bits per heavy atom. The van der Waals surface area contributed by atoms with Crippen LogP contribution in [0.1, 0.15) is 40.8 Å². The lowest BCUT2D eigenvalue weighted by atomic mass is 9.94. The van der Waals surface area contributed by atoms with Crippen molar-refractivity contribution < 1.29 is 4.79 Å². The van der Waals surface area contributed by atoms with Gasteiger partial charge < -0.3 is 14.8 Å². The van der Waals surface area contributed by atoms with Crippen LogP contribution in [0.3, 0.4) is 0 Å². The standard InChI is InChI=1S/C17H22N6O2/c1-11-18-14(9-16(24)19-11)12-5-4-8-23(10-12)15-7-6-13(20-21-15)17(25)22(2)3/h6-7,9,12H,4-5,8,10H2,1-3H3,(H,18,19,24). The highest BCUT2D eigenvalue weighted by Gasteiger charge is 2.24. The molecule has 1 aliphatic heterocycles. The maximum atomic E-state index is 11.9. The highest BCUT2D eigenvalue weighted by atomic mass is 16.2. The lowest BCUT2D eigenvalue weighted by Gasteiger charge is -2.33. The summed E-state index contributed by atoms with van der Waals surface area (Å²) in [5.41, 5.74) is 1.03. The Kier molecular flexibility index (Phi) is 4.78. The van der Waals surface area contributed by atoms with Crippen molar-refractivity contribution in [2.24, 2.45) is 0 Å². The van der Waals surface area contributed by atoms with E-state index in [2.05, 4.69) is 25.1 Å². The van der Waals surface area contributed by atoms with Gasteiger partial charge in [-0.1, -0.05) is 0 Å². The molecule has 2 aromatic rings. The molecule has 0 radical (unpaired) electrons. The zero-order valence-corrected chi connectivity index (χ0v) is 14.7. The van der Waals surface area contributed by atoms with Gasteiger partial charge in [0.25, 0.3) is 11.5 Å². The average molecular weight is 342 g/mol. The molecule has 0 aliphatic carbocycles. The zero-order chi connectivity index (χ0) is 18.0. The van der Waals surface area contributed by atoms with Crippen LogP contribution >= 0.6 is 0 Å².